The van der Waals surface area contributed by atoms with Gasteiger partial charge < -0.3 is 29.2 Å². The van der Waals surface area contributed by atoms with E-state index in [1.165, 1.54) is 17.4 Å². The van der Waals surface area contributed by atoms with Gasteiger partial charge in [-0.25, -0.2) is 0 Å². The first kappa shape index (κ1) is 28.6. The molecule has 0 radical (unpaired) electrons. The van der Waals surface area contributed by atoms with E-state index in [1.54, 1.807) is 24.1 Å². The molecule has 1 aromatic heterocycles. The molecule has 1 aliphatic carbocycles. The van der Waals surface area contributed by atoms with Gasteiger partial charge >= 0.3 is 0 Å². The summed E-state index contributed by atoms with van der Waals surface area (Å²) in [6, 6.07) is 17.6. The number of likely N-dealkylation sites (N-methyl/N-ethyl adjacent to an activating group) is 1. The van der Waals surface area contributed by atoms with Crippen molar-refractivity contribution in [3.63, 3.8) is 0 Å². The Balaban J connectivity index is 1.12. The molecule has 2 saturated heterocycles. The van der Waals surface area contributed by atoms with Crippen molar-refractivity contribution in [2.45, 2.75) is 49.5 Å². The molecule has 1 atom stereocenters. The summed E-state index contributed by atoms with van der Waals surface area (Å²) in [5.41, 5.74) is 2.94. The minimum Gasteiger partial charge on any atom is -0.497 e. The number of ether oxygens (including phenoxy) is 1. The number of hydrogen-bond acceptors (Lipinski definition) is 6. The molecular weight excluding hydrogens is 552 g/mol. The Hall–Kier alpha value is -3.49. The lowest BCUT2D eigenvalue weighted by Gasteiger charge is -2.43. The Morgan fingerprint density at radius 2 is 1.95 bits per heavy atom. The zero-order chi connectivity index (χ0) is 29.3. The van der Waals surface area contributed by atoms with Crippen LogP contribution in [0.3, 0.4) is 0 Å². The van der Waals surface area contributed by atoms with Crippen molar-refractivity contribution in [3.8, 4) is 5.75 Å². The zero-order valence-corrected chi connectivity index (χ0v) is 25.2. The summed E-state index contributed by atoms with van der Waals surface area (Å²) in [6.07, 6.45) is 7.01. The zero-order valence-electron chi connectivity index (χ0n) is 24.4. The van der Waals surface area contributed by atoms with E-state index in [4.69, 9.17) is 20.8 Å². The number of likely N-dealkylation sites (tertiary alicyclic amines) is 1. The third-order valence-electron chi connectivity index (χ3n) is 9.64. The number of aryl methyl sites for hydroxylation is 1. The normalized spacial score (nSPS) is 21.4. The topological polar surface area (TPSA) is 78.3 Å². The summed E-state index contributed by atoms with van der Waals surface area (Å²) in [6.45, 7) is 3.83. The van der Waals surface area contributed by atoms with Gasteiger partial charge in [0.05, 0.1) is 20.0 Å². The highest BCUT2D eigenvalue weighted by molar-refractivity contribution is 6.30. The molecule has 3 aliphatic rings. The van der Waals surface area contributed by atoms with Crippen molar-refractivity contribution in [2.24, 2.45) is 0 Å². The second kappa shape index (κ2) is 11.7. The van der Waals surface area contributed by atoms with Crippen LogP contribution < -0.4 is 15.0 Å². The van der Waals surface area contributed by atoms with E-state index in [2.05, 4.69) is 33.3 Å². The average Bonchev–Trinajstić information content (AvgIpc) is 3.73. The van der Waals surface area contributed by atoms with Crippen LogP contribution in [0.2, 0.25) is 5.02 Å². The quantitative estimate of drug-likeness (QED) is 0.373. The average molecular weight is 591 g/mol. The van der Waals surface area contributed by atoms with Crippen LogP contribution in [0.4, 0.5) is 5.69 Å². The number of nitrogens with one attached hydrogen (secondary N) is 1. The summed E-state index contributed by atoms with van der Waals surface area (Å²) >= 11 is 6.35. The molecule has 1 spiro atoms. The van der Waals surface area contributed by atoms with Crippen LogP contribution in [0.1, 0.15) is 53.8 Å². The third-order valence-corrected chi connectivity index (χ3v) is 9.88. The standard InChI is InChI=1S/C33H39ClN4O4/c1-36(30(39)29-8-4-19-42-29)22-32(13-11-24-20-25(34)9-10-28(24)32)12-5-16-37-17-14-33(15-18-37)31(40)35-23-38(33)26-6-3-7-27(21-26)41-2/h3-4,6-10,19-21H,5,11-18,22-23H2,1-2H3,(H,35,40). The van der Waals surface area contributed by atoms with Gasteiger partial charge in [-0.15, -0.1) is 0 Å². The molecule has 3 heterocycles. The number of anilines is 1. The fourth-order valence-electron chi connectivity index (χ4n) is 7.40. The number of rotatable bonds is 9. The van der Waals surface area contributed by atoms with Crippen LogP contribution in [0.5, 0.6) is 5.75 Å². The van der Waals surface area contributed by atoms with Crippen LogP contribution in [-0.4, -0.2) is 74.2 Å². The third kappa shape index (κ3) is 5.26. The number of nitrogens with zero attached hydrogens (tertiary/aromatic N) is 3. The van der Waals surface area contributed by atoms with Crippen molar-refractivity contribution in [2.75, 3.05) is 51.9 Å². The van der Waals surface area contributed by atoms with Crippen LogP contribution in [0, 0.1) is 0 Å². The maximum Gasteiger partial charge on any atom is 0.289 e. The fraction of sp³-hybridized carbons (Fsp3) is 0.455. The van der Waals surface area contributed by atoms with Gasteiger partial charge in [-0.3, -0.25) is 9.59 Å². The smallest absolute Gasteiger partial charge is 0.289 e. The Labute approximate surface area is 252 Å². The highest BCUT2D eigenvalue weighted by Crippen LogP contribution is 2.44. The molecule has 6 rings (SSSR count). The molecule has 1 unspecified atom stereocenters. The first-order chi connectivity index (χ1) is 20.3. The molecule has 2 aromatic carbocycles. The number of furan rings is 1. The van der Waals surface area contributed by atoms with Gasteiger partial charge in [0.1, 0.15) is 11.3 Å². The van der Waals surface area contributed by atoms with Crippen LogP contribution in [-0.2, 0) is 16.6 Å². The van der Waals surface area contributed by atoms with Crippen molar-refractivity contribution in [1.82, 2.24) is 15.1 Å². The first-order valence-corrected chi connectivity index (χ1v) is 15.2. The molecule has 0 saturated carbocycles. The fourth-order valence-corrected chi connectivity index (χ4v) is 7.60. The molecule has 2 fully saturated rings. The summed E-state index contributed by atoms with van der Waals surface area (Å²) in [4.78, 5) is 32.8. The largest absolute Gasteiger partial charge is 0.497 e. The highest BCUT2D eigenvalue weighted by Gasteiger charge is 2.50. The van der Waals surface area contributed by atoms with E-state index >= 15 is 0 Å². The maximum absolute atomic E-state index is 13.2. The van der Waals surface area contributed by atoms with Gasteiger partial charge in [0.2, 0.25) is 5.91 Å². The number of amides is 2. The summed E-state index contributed by atoms with van der Waals surface area (Å²) in [7, 11) is 3.53. The number of carbonyl (C=O) groups excluding carboxylic acids is 2. The first-order valence-electron chi connectivity index (χ1n) is 14.8. The SMILES string of the molecule is COc1cccc(N2CNC(=O)C23CCN(CCCC2(CN(C)C(=O)c4ccco4)CCc4cc(Cl)ccc42)CC3)c1. The number of carbonyl (C=O) groups is 2. The van der Waals surface area contributed by atoms with Crippen molar-refractivity contribution in [1.29, 1.82) is 0 Å². The van der Waals surface area contributed by atoms with E-state index < -0.39 is 5.54 Å². The molecule has 0 bridgehead atoms. The van der Waals surface area contributed by atoms with E-state index in [0.717, 1.165) is 74.6 Å². The van der Waals surface area contributed by atoms with Crippen LogP contribution in [0.15, 0.2) is 65.3 Å². The van der Waals surface area contributed by atoms with Gasteiger partial charge in [-0.05, 0) is 92.6 Å². The molecule has 8 nitrogen and oxygen atoms in total. The van der Waals surface area contributed by atoms with Crippen molar-refractivity contribution in [3.05, 3.63) is 82.8 Å². The molecular formula is C33H39ClN4O4. The molecule has 42 heavy (non-hydrogen) atoms. The molecule has 2 aliphatic heterocycles. The van der Waals surface area contributed by atoms with Crippen molar-refractivity contribution >= 4 is 29.1 Å². The van der Waals surface area contributed by atoms with E-state index in [0.29, 0.717) is 19.0 Å². The molecule has 2 amide bonds. The van der Waals surface area contributed by atoms with E-state index in [-0.39, 0.29) is 17.2 Å². The summed E-state index contributed by atoms with van der Waals surface area (Å²) < 4.78 is 10.8. The lowest BCUT2D eigenvalue weighted by Crippen LogP contribution is -2.56. The predicted octanol–water partition coefficient (Wildman–Crippen LogP) is 5.11. The number of methoxy groups -OCH3 is 1. The Bertz CT molecular complexity index is 1440. The number of piperidine rings is 1. The second-order valence-corrected chi connectivity index (χ2v) is 12.4. The van der Waals surface area contributed by atoms with Gasteiger partial charge in [0.15, 0.2) is 5.76 Å². The molecule has 1 N–H and O–H groups in total. The predicted molar refractivity (Wildman–Crippen MR) is 163 cm³/mol. The number of halogens is 1. The van der Waals surface area contributed by atoms with E-state index in [9.17, 15) is 9.59 Å². The monoisotopic (exact) mass is 590 g/mol. The second-order valence-electron chi connectivity index (χ2n) is 12.0. The maximum atomic E-state index is 13.2. The van der Waals surface area contributed by atoms with Crippen LogP contribution >= 0.6 is 11.6 Å². The Morgan fingerprint density at radius 1 is 1.12 bits per heavy atom. The van der Waals surface area contributed by atoms with Gasteiger partial charge in [-0.2, -0.15) is 0 Å². The van der Waals surface area contributed by atoms with Gasteiger partial charge in [0.25, 0.3) is 5.91 Å². The van der Waals surface area contributed by atoms with Gasteiger partial charge in [-0.1, -0.05) is 23.7 Å². The minimum atomic E-state index is -0.525. The molecule has 9 heteroatoms. The lowest BCUT2D eigenvalue weighted by molar-refractivity contribution is -0.125. The number of hydrogen-bond donors (Lipinski definition) is 1. The lowest BCUT2D eigenvalue weighted by atomic mass is 9.77. The van der Waals surface area contributed by atoms with E-state index in [1.807, 2.05) is 31.3 Å². The number of fused-ring (bicyclic) bond motifs is 1. The number of benzene rings is 2. The Morgan fingerprint density at radius 3 is 2.71 bits per heavy atom. The summed E-state index contributed by atoms with van der Waals surface area (Å²) in [5.74, 6) is 1.18. The minimum absolute atomic E-state index is 0.0986. The highest BCUT2D eigenvalue weighted by atomic mass is 35.5. The Kier molecular flexibility index (Phi) is 7.94. The van der Waals surface area contributed by atoms with Gasteiger partial charge in [0, 0.05) is 48.9 Å². The van der Waals surface area contributed by atoms with Crippen molar-refractivity contribution < 1.29 is 18.7 Å². The summed E-state index contributed by atoms with van der Waals surface area (Å²) in [5, 5.41) is 3.85. The molecule has 3 aromatic rings. The van der Waals surface area contributed by atoms with Crippen LogP contribution in [0.25, 0.3) is 0 Å². The molecule has 222 valence electrons.